The average molecular weight is 574 g/mol. The normalized spacial score (nSPS) is 22.6. The smallest absolute Gasteiger partial charge is 0.256 e. The summed E-state index contributed by atoms with van der Waals surface area (Å²) in [5.74, 6) is -0.324. The minimum Gasteiger partial charge on any atom is -0.341 e. The third-order valence-electron chi connectivity index (χ3n) is 9.65. The second-order valence-corrected chi connectivity index (χ2v) is 12.4. The standard InChI is InChI=1S/C33H40FN5O3/c1-4-38(20(2)3)32(41)26-17-23(34)7-10-28(26)39-19-27(25-11-14-35-18-29(25)39)31(40)22-12-15-37(16-13-22)33(42)30-21-5-8-24(36-30)9-6-21/h7,10-11,14,17-22,24,30,36H,4-6,8-9,12-13,15-16H2,1-3H3/t21?,24?,30-/m0/s1. The van der Waals surface area contributed by atoms with Gasteiger partial charge in [-0.25, -0.2) is 4.39 Å². The summed E-state index contributed by atoms with van der Waals surface area (Å²) in [6.45, 7) is 7.40. The van der Waals surface area contributed by atoms with Crippen LogP contribution < -0.4 is 5.32 Å². The zero-order valence-electron chi connectivity index (χ0n) is 24.7. The van der Waals surface area contributed by atoms with Crippen molar-refractivity contribution in [2.24, 2.45) is 11.8 Å². The lowest BCUT2D eigenvalue weighted by Crippen LogP contribution is -2.60. The molecule has 3 aliphatic heterocycles. The monoisotopic (exact) mass is 573 g/mol. The van der Waals surface area contributed by atoms with Crippen molar-refractivity contribution in [1.29, 1.82) is 0 Å². The second-order valence-electron chi connectivity index (χ2n) is 12.4. The lowest BCUT2D eigenvalue weighted by Gasteiger charge is -2.45. The van der Waals surface area contributed by atoms with E-state index in [4.69, 9.17) is 0 Å². The Balaban J connectivity index is 1.26. The summed E-state index contributed by atoms with van der Waals surface area (Å²) in [5.41, 5.74) is 1.98. The molecule has 8 nitrogen and oxygen atoms in total. The van der Waals surface area contributed by atoms with Crippen molar-refractivity contribution in [3.05, 3.63) is 59.8 Å². The predicted octanol–water partition coefficient (Wildman–Crippen LogP) is 4.99. The van der Waals surface area contributed by atoms with Crippen LogP contribution >= 0.6 is 0 Å². The first kappa shape index (κ1) is 28.5. The molecule has 1 aromatic carbocycles. The molecule has 1 atom stereocenters. The number of fused-ring (bicyclic) bond motifs is 4. The van der Waals surface area contributed by atoms with Crippen molar-refractivity contribution in [3.8, 4) is 5.69 Å². The molecular formula is C33H40FN5O3. The van der Waals surface area contributed by atoms with Gasteiger partial charge in [-0.1, -0.05) is 0 Å². The number of benzene rings is 1. The number of pyridine rings is 1. The summed E-state index contributed by atoms with van der Waals surface area (Å²) in [7, 11) is 0. The quantitative estimate of drug-likeness (QED) is 0.403. The number of nitrogens with one attached hydrogen (secondary N) is 1. The fraction of sp³-hybridized carbons (Fsp3) is 0.515. The van der Waals surface area contributed by atoms with Gasteiger partial charge >= 0.3 is 0 Å². The molecule has 2 aromatic heterocycles. The number of aromatic nitrogens is 2. The number of Topliss-reactive ketones (excluding diaryl/α,β-unsaturated/α-hetero) is 1. The maximum atomic E-state index is 14.5. The average Bonchev–Trinajstić information content (AvgIpc) is 3.40. The first-order chi connectivity index (χ1) is 20.3. The van der Waals surface area contributed by atoms with Gasteiger partial charge in [0, 0.05) is 61.0 Å². The van der Waals surface area contributed by atoms with Crippen molar-refractivity contribution >= 4 is 28.5 Å². The molecule has 1 saturated carbocycles. The second kappa shape index (κ2) is 11.6. The largest absolute Gasteiger partial charge is 0.341 e. The molecule has 1 N–H and O–H groups in total. The zero-order valence-corrected chi connectivity index (χ0v) is 24.7. The summed E-state index contributed by atoms with van der Waals surface area (Å²) >= 11 is 0. The summed E-state index contributed by atoms with van der Waals surface area (Å²) in [6, 6.07) is 6.34. The van der Waals surface area contributed by atoms with E-state index >= 15 is 0 Å². The number of likely N-dealkylation sites (tertiary alicyclic amines) is 1. The molecular weight excluding hydrogens is 533 g/mol. The van der Waals surface area contributed by atoms with Gasteiger partial charge in [-0.05, 0) is 89.5 Å². The molecule has 222 valence electrons. The highest BCUT2D eigenvalue weighted by Crippen LogP contribution is 2.35. The Morgan fingerprint density at radius 2 is 1.79 bits per heavy atom. The number of carbonyl (C=O) groups is 3. The van der Waals surface area contributed by atoms with E-state index in [1.54, 1.807) is 34.1 Å². The maximum Gasteiger partial charge on any atom is 0.256 e. The van der Waals surface area contributed by atoms with Crippen LogP contribution in [0.1, 0.15) is 80.0 Å². The molecule has 4 aliphatic rings. The fourth-order valence-corrected chi connectivity index (χ4v) is 7.32. The minimum atomic E-state index is -0.495. The van der Waals surface area contributed by atoms with Crippen LogP contribution in [0.2, 0.25) is 0 Å². The number of ketones is 1. The lowest BCUT2D eigenvalue weighted by atomic mass is 9.75. The molecule has 4 fully saturated rings. The van der Waals surface area contributed by atoms with Gasteiger partial charge in [-0.3, -0.25) is 19.4 Å². The Bertz CT molecular complexity index is 1500. The molecule has 0 unspecified atom stereocenters. The number of rotatable bonds is 7. The number of carbonyl (C=O) groups excluding carboxylic acids is 3. The van der Waals surface area contributed by atoms with Crippen molar-refractivity contribution in [2.75, 3.05) is 19.6 Å². The number of amides is 2. The van der Waals surface area contributed by atoms with Gasteiger partial charge in [0.25, 0.3) is 5.91 Å². The molecule has 2 bridgehead atoms. The minimum absolute atomic E-state index is 0.0271. The topological polar surface area (TPSA) is 87.5 Å². The molecule has 5 heterocycles. The van der Waals surface area contributed by atoms with Crippen LogP contribution in [0.15, 0.2) is 42.9 Å². The van der Waals surface area contributed by atoms with Gasteiger partial charge in [0.1, 0.15) is 5.82 Å². The number of hydrogen-bond acceptors (Lipinski definition) is 5. The first-order valence-corrected chi connectivity index (χ1v) is 15.4. The van der Waals surface area contributed by atoms with E-state index in [1.165, 1.54) is 12.1 Å². The fourth-order valence-electron chi connectivity index (χ4n) is 7.32. The Kier molecular flexibility index (Phi) is 7.87. The number of halogens is 1. The lowest BCUT2D eigenvalue weighted by molar-refractivity contribution is -0.138. The summed E-state index contributed by atoms with van der Waals surface area (Å²) in [4.78, 5) is 48.8. The van der Waals surface area contributed by atoms with Gasteiger partial charge in [0.15, 0.2) is 5.78 Å². The van der Waals surface area contributed by atoms with Crippen LogP contribution in [-0.4, -0.2) is 74.7 Å². The Labute approximate surface area is 246 Å². The molecule has 1 aliphatic carbocycles. The van der Waals surface area contributed by atoms with Gasteiger partial charge in [-0.15, -0.1) is 0 Å². The zero-order chi connectivity index (χ0) is 29.5. The van der Waals surface area contributed by atoms with Crippen molar-refractivity contribution in [3.63, 3.8) is 0 Å². The molecule has 3 saturated heterocycles. The third kappa shape index (κ3) is 5.12. The van der Waals surface area contributed by atoms with E-state index in [9.17, 15) is 18.8 Å². The van der Waals surface area contributed by atoms with E-state index in [0.29, 0.717) is 61.2 Å². The highest BCUT2D eigenvalue weighted by Gasteiger charge is 2.41. The number of piperidine rings is 3. The van der Waals surface area contributed by atoms with E-state index in [1.807, 2.05) is 31.7 Å². The number of nitrogens with zero attached hydrogens (tertiary/aromatic N) is 4. The molecule has 0 spiro atoms. The van der Waals surface area contributed by atoms with Crippen LogP contribution in [0, 0.1) is 17.7 Å². The van der Waals surface area contributed by atoms with E-state index in [2.05, 4.69) is 10.3 Å². The van der Waals surface area contributed by atoms with E-state index < -0.39 is 5.82 Å². The van der Waals surface area contributed by atoms with Crippen molar-refractivity contribution < 1.29 is 18.8 Å². The van der Waals surface area contributed by atoms with Gasteiger partial charge in [-0.2, -0.15) is 0 Å². The molecule has 9 heteroatoms. The molecule has 42 heavy (non-hydrogen) atoms. The molecule has 2 amide bonds. The van der Waals surface area contributed by atoms with Crippen LogP contribution in [0.5, 0.6) is 0 Å². The van der Waals surface area contributed by atoms with Crippen LogP contribution in [0.4, 0.5) is 4.39 Å². The van der Waals surface area contributed by atoms with Gasteiger partial charge < -0.3 is 19.7 Å². The molecule has 7 rings (SSSR count). The van der Waals surface area contributed by atoms with E-state index in [0.717, 1.165) is 31.1 Å². The van der Waals surface area contributed by atoms with Gasteiger partial charge in [0.2, 0.25) is 5.91 Å². The first-order valence-electron chi connectivity index (χ1n) is 15.4. The molecule has 0 radical (unpaired) electrons. The highest BCUT2D eigenvalue weighted by atomic mass is 19.1. The SMILES string of the molecule is CCN(C(=O)c1cc(F)ccc1-n1cc(C(=O)C2CCN(C(=O)[C@H]3NC4CCC3CC4)CC2)c2ccncc21)C(C)C. The maximum absolute atomic E-state index is 14.5. The Morgan fingerprint density at radius 1 is 1.05 bits per heavy atom. The van der Waals surface area contributed by atoms with Crippen molar-refractivity contribution in [1.82, 2.24) is 24.7 Å². The Morgan fingerprint density at radius 3 is 2.43 bits per heavy atom. The highest BCUT2D eigenvalue weighted by molar-refractivity contribution is 6.10. The summed E-state index contributed by atoms with van der Waals surface area (Å²) in [5, 5.41) is 4.31. The third-order valence-corrected chi connectivity index (χ3v) is 9.65. The van der Waals surface area contributed by atoms with Crippen LogP contribution in [0.3, 0.4) is 0 Å². The van der Waals surface area contributed by atoms with Crippen molar-refractivity contribution in [2.45, 2.75) is 77.4 Å². The summed E-state index contributed by atoms with van der Waals surface area (Å²) < 4.78 is 16.2. The number of hydrogen-bond donors (Lipinski definition) is 1. The van der Waals surface area contributed by atoms with Crippen LogP contribution in [0.25, 0.3) is 16.6 Å². The molecule has 3 aromatic rings. The van der Waals surface area contributed by atoms with E-state index in [-0.39, 0.29) is 41.2 Å². The Hall–Kier alpha value is -3.59. The predicted molar refractivity (Wildman–Crippen MR) is 159 cm³/mol. The summed E-state index contributed by atoms with van der Waals surface area (Å²) in [6.07, 6.45) is 10.9. The van der Waals surface area contributed by atoms with Gasteiger partial charge in [0.05, 0.1) is 29.0 Å². The van der Waals surface area contributed by atoms with Crippen LogP contribution in [-0.2, 0) is 4.79 Å².